The lowest BCUT2D eigenvalue weighted by atomic mass is 10.0. The summed E-state index contributed by atoms with van der Waals surface area (Å²) >= 11 is 0. The first-order valence-corrected chi connectivity index (χ1v) is 17.6. The Labute approximate surface area is 283 Å². The second-order valence-electron chi connectivity index (χ2n) is 12.1. The maximum Gasteiger partial charge on any atom is 0.264 e. The molecule has 0 aliphatic heterocycles. The minimum Gasteiger partial charge on any atom is -0.497 e. The third-order valence-corrected chi connectivity index (χ3v) is 10.5. The molecule has 0 unspecified atom stereocenters. The largest absolute Gasteiger partial charge is 0.497 e. The van der Waals surface area contributed by atoms with E-state index in [0.29, 0.717) is 5.75 Å². The Bertz CT molecular complexity index is 1780. The monoisotopic (exact) mass is 669 g/mol. The predicted molar refractivity (Wildman–Crippen MR) is 187 cm³/mol. The van der Waals surface area contributed by atoms with E-state index in [0.717, 1.165) is 46.7 Å². The van der Waals surface area contributed by atoms with Crippen LogP contribution in [0.3, 0.4) is 0 Å². The molecule has 2 amide bonds. The Morgan fingerprint density at radius 2 is 1.46 bits per heavy atom. The van der Waals surface area contributed by atoms with Gasteiger partial charge in [-0.1, -0.05) is 91.2 Å². The molecule has 252 valence electrons. The van der Waals surface area contributed by atoms with Gasteiger partial charge in [-0.25, -0.2) is 8.42 Å². The number of ether oxygens (including phenoxy) is 2. The second kappa shape index (κ2) is 15.8. The van der Waals surface area contributed by atoms with Crippen molar-refractivity contribution in [2.45, 2.75) is 62.6 Å². The van der Waals surface area contributed by atoms with Crippen molar-refractivity contribution < 1.29 is 27.5 Å². The number of rotatable bonds is 14. The number of carbonyl (C=O) groups excluding carboxylic acids is 2. The lowest BCUT2D eigenvalue weighted by Crippen LogP contribution is -2.54. The van der Waals surface area contributed by atoms with E-state index in [4.69, 9.17) is 9.47 Å². The molecular formula is C38H43N3O6S. The third kappa shape index (κ3) is 8.36. The lowest BCUT2D eigenvalue weighted by molar-refractivity contribution is -0.140. The van der Waals surface area contributed by atoms with Crippen LogP contribution in [0, 0.1) is 6.92 Å². The SMILES string of the molecule is COc1ccc(OC)c(N(CC(=O)N(Cc2ccccc2)[C@H](Cc2ccccc2)C(=O)NC2CCCC2)S(=O)(=O)c2ccc(C)cc2)c1. The molecule has 0 radical (unpaired) electrons. The molecule has 1 atom stereocenters. The maximum absolute atomic E-state index is 14.8. The maximum atomic E-state index is 14.8. The van der Waals surface area contributed by atoms with E-state index in [1.807, 2.05) is 67.6 Å². The molecule has 9 nitrogen and oxygen atoms in total. The van der Waals surface area contributed by atoms with E-state index >= 15 is 0 Å². The molecular weight excluding hydrogens is 627 g/mol. The molecule has 5 rings (SSSR count). The van der Waals surface area contributed by atoms with Crippen LogP contribution < -0.4 is 19.1 Å². The molecule has 0 aromatic heterocycles. The highest BCUT2D eigenvalue weighted by Gasteiger charge is 2.36. The van der Waals surface area contributed by atoms with Gasteiger partial charge in [-0.05, 0) is 55.2 Å². The van der Waals surface area contributed by atoms with Crippen molar-refractivity contribution in [3.63, 3.8) is 0 Å². The summed E-state index contributed by atoms with van der Waals surface area (Å²) in [6.45, 7) is 1.38. The summed E-state index contributed by atoms with van der Waals surface area (Å²) in [4.78, 5) is 30.4. The van der Waals surface area contributed by atoms with Crippen LogP contribution in [0.5, 0.6) is 11.5 Å². The van der Waals surface area contributed by atoms with Crippen molar-refractivity contribution in [1.29, 1.82) is 0 Å². The number of hydrogen-bond acceptors (Lipinski definition) is 6. The fourth-order valence-electron chi connectivity index (χ4n) is 6.04. The first-order chi connectivity index (χ1) is 23.2. The normalized spacial score (nSPS) is 13.8. The van der Waals surface area contributed by atoms with Crippen LogP contribution >= 0.6 is 0 Å². The number of sulfonamides is 1. The van der Waals surface area contributed by atoms with Gasteiger partial charge in [0.15, 0.2) is 0 Å². The first kappa shape index (κ1) is 34.5. The molecule has 0 spiro atoms. The summed E-state index contributed by atoms with van der Waals surface area (Å²) in [5.74, 6) is -0.168. The number of nitrogens with zero attached hydrogens (tertiary/aromatic N) is 2. The van der Waals surface area contributed by atoms with Crippen LogP contribution in [0.2, 0.25) is 0 Å². The van der Waals surface area contributed by atoms with E-state index in [2.05, 4.69) is 5.32 Å². The van der Waals surface area contributed by atoms with Crippen molar-refractivity contribution in [3.8, 4) is 11.5 Å². The lowest BCUT2D eigenvalue weighted by Gasteiger charge is -2.34. The number of carbonyl (C=O) groups is 2. The number of methoxy groups -OCH3 is 2. The van der Waals surface area contributed by atoms with Crippen molar-refractivity contribution in [1.82, 2.24) is 10.2 Å². The number of amides is 2. The summed E-state index contributed by atoms with van der Waals surface area (Å²) in [6.07, 6.45) is 4.10. The predicted octanol–water partition coefficient (Wildman–Crippen LogP) is 5.91. The van der Waals surface area contributed by atoms with Crippen molar-refractivity contribution in [3.05, 3.63) is 120 Å². The number of benzene rings is 4. The van der Waals surface area contributed by atoms with Gasteiger partial charge in [0.05, 0.1) is 24.8 Å². The van der Waals surface area contributed by atoms with Gasteiger partial charge in [-0.15, -0.1) is 0 Å². The Morgan fingerprint density at radius 3 is 2.06 bits per heavy atom. The number of hydrogen-bond donors (Lipinski definition) is 1. The van der Waals surface area contributed by atoms with Gasteiger partial charge >= 0.3 is 0 Å². The van der Waals surface area contributed by atoms with Gasteiger partial charge in [0.25, 0.3) is 10.0 Å². The topological polar surface area (TPSA) is 105 Å². The van der Waals surface area contributed by atoms with Gasteiger partial charge < -0.3 is 19.7 Å². The van der Waals surface area contributed by atoms with E-state index in [9.17, 15) is 18.0 Å². The summed E-state index contributed by atoms with van der Waals surface area (Å²) in [6, 6.07) is 29.3. The van der Waals surface area contributed by atoms with E-state index in [1.165, 1.54) is 37.3 Å². The molecule has 1 aliphatic carbocycles. The molecule has 1 aliphatic rings. The van der Waals surface area contributed by atoms with Crippen molar-refractivity contribution >= 4 is 27.5 Å². The first-order valence-electron chi connectivity index (χ1n) is 16.2. The molecule has 10 heteroatoms. The highest BCUT2D eigenvalue weighted by molar-refractivity contribution is 7.92. The van der Waals surface area contributed by atoms with Gasteiger partial charge in [-0.2, -0.15) is 0 Å². The highest BCUT2D eigenvalue weighted by atomic mass is 32.2. The molecule has 1 fully saturated rings. The summed E-state index contributed by atoms with van der Waals surface area (Å²) in [5.41, 5.74) is 2.72. The van der Waals surface area contributed by atoms with Crippen LogP contribution in [-0.2, 0) is 32.6 Å². The van der Waals surface area contributed by atoms with Crippen LogP contribution in [0.1, 0.15) is 42.4 Å². The zero-order chi connectivity index (χ0) is 34.1. The van der Waals surface area contributed by atoms with Crippen LogP contribution in [-0.4, -0.2) is 58.0 Å². The quantitative estimate of drug-likeness (QED) is 0.179. The fraction of sp³-hybridized carbons (Fsp3) is 0.316. The molecule has 0 saturated heterocycles. The minimum absolute atomic E-state index is 0.0141. The Kier molecular flexibility index (Phi) is 11.4. The van der Waals surface area contributed by atoms with Crippen LogP contribution in [0.4, 0.5) is 5.69 Å². The van der Waals surface area contributed by atoms with Gasteiger partial charge in [0, 0.05) is 25.1 Å². The Hall–Kier alpha value is -4.83. The smallest absolute Gasteiger partial charge is 0.264 e. The zero-order valence-corrected chi connectivity index (χ0v) is 28.5. The summed E-state index contributed by atoms with van der Waals surface area (Å²) in [7, 11) is -1.38. The third-order valence-electron chi connectivity index (χ3n) is 8.71. The van der Waals surface area contributed by atoms with E-state index in [-0.39, 0.29) is 41.2 Å². The fourth-order valence-corrected chi connectivity index (χ4v) is 7.46. The number of nitrogens with one attached hydrogen (secondary N) is 1. The van der Waals surface area contributed by atoms with Crippen LogP contribution in [0.25, 0.3) is 0 Å². The second-order valence-corrected chi connectivity index (χ2v) is 13.9. The Morgan fingerprint density at radius 1 is 0.833 bits per heavy atom. The standard InChI is InChI=1S/C38H43N3O6S/c1-28-18-21-33(22-19-28)48(44,45)41(34-25-32(46-2)20-23-36(34)47-3)27-37(42)40(26-30-14-8-5-9-15-30)35(24-29-12-6-4-7-13-29)38(43)39-31-16-10-11-17-31/h4-9,12-15,18-23,25,31,35H,10-11,16-17,24,26-27H2,1-3H3,(H,39,43)/t35-/m1/s1. The van der Waals surface area contributed by atoms with E-state index < -0.39 is 28.5 Å². The Balaban J connectivity index is 1.60. The summed E-state index contributed by atoms with van der Waals surface area (Å²) < 4.78 is 41.0. The van der Waals surface area contributed by atoms with Crippen LogP contribution in [0.15, 0.2) is 108 Å². The average molecular weight is 670 g/mol. The molecule has 4 aromatic carbocycles. The van der Waals surface area contributed by atoms with Gasteiger partial charge in [0.2, 0.25) is 11.8 Å². The molecule has 48 heavy (non-hydrogen) atoms. The molecule has 1 N–H and O–H groups in total. The van der Waals surface area contributed by atoms with Crippen molar-refractivity contribution in [2.75, 3.05) is 25.1 Å². The molecule has 0 bridgehead atoms. The van der Waals surface area contributed by atoms with Crippen molar-refractivity contribution in [2.24, 2.45) is 0 Å². The van der Waals surface area contributed by atoms with Gasteiger partial charge in [-0.3, -0.25) is 13.9 Å². The molecule has 4 aromatic rings. The highest BCUT2D eigenvalue weighted by Crippen LogP contribution is 2.36. The zero-order valence-electron chi connectivity index (χ0n) is 27.7. The average Bonchev–Trinajstić information content (AvgIpc) is 3.62. The molecule has 0 heterocycles. The van der Waals surface area contributed by atoms with Gasteiger partial charge in [0.1, 0.15) is 24.1 Å². The molecule has 1 saturated carbocycles. The van der Waals surface area contributed by atoms with E-state index in [1.54, 1.807) is 24.3 Å². The number of anilines is 1. The number of aryl methyl sites for hydroxylation is 1. The summed E-state index contributed by atoms with van der Waals surface area (Å²) in [5, 5.41) is 3.20. The minimum atomic E-state index is -4.30.